The van der Waals surface area contributed by atoms with Crippen LogP contribution in [0.4, 0.5) is 11.4 Å². The van der Waals surface area contributed by atoms with Gasteiger partial charge in [0.15, 0.2) is 0 Å². The van der Waals surface area contributed by atoms with Crippen LogP contribution >= 0.6 is 12.4 Å². The second kappa shape index (κ2) is 7.01. The average molecular weight is 326 g/mol. The summed E-state index contributed by atoms with van der Waals surface area (Å²) in [5.74, 6) is -0.222. The molecule has 1 heterocycles. The van der Waals surface area contributed by atoms with Crippen molar-refractivity contribution in [3.05, 3.63) is 23.8 Å². The first-order valence-electron chi connectivity index (χ1n) is 7.27. The van der Waals surface area contributed by atoms with Gasteiger partial charge in [0.05, 0.1) is 6.54 Å². The van der Waals surface area contributed by atoms with Gasteiger partial charge in [-0.2, -0.15) is 0 Å². The number of hydrogen-bond donors (Lipinski definition) is 2. The zero-order valence-corrected chi connectivity index (χ0v) is 14.1. The minimum atomic E-state index is -0.496. The fourth-order valence-corrected chi connectivity index (χ4v) is 2.43. The van der Waals surface area contributed by atoms with Crippen molar-refractivity contribution < 1.29 is 9.59 Å². The van der Waals surface area contributed by atoms with Gasteiger partial charge in [-0.3, -0.25) is 9.59 Å². The molecule has 0 bridgehead atoms. The first-order chi connectivity index (χ1) is 9.80. The van der Waals surface area contributed by atoms with Crippen LogP contribution in [0, 0.1) is 5.41 Å². The van der Waals surface area contributed by atoms with E-state index in [9.17, 15) is 9.59 Å². The molecule has 1 aromatic rings. The van der Waals surface area contributed by atoms with E-state index < -0.39 is 5.41 Å². The predicted molar refractivity (Wildman–Crippen MR) is 91.2 cm³/mol. The van der Waals surface area contributed by atoms with Crippen molar-refractivity contribution in [1.29, 1.82) is 0 Å². The van der Waals surface area contributed by atoms with E-state index in [1.807, 2.05) is 39.0 Å². The van der Waals surface area contributed by atoms with Gasteiger partial charge in [0, 0.05) is 23.3 Å². The van der Waals surface area contributed by atoms with Crippen LogP contribution in [-0.4, -0.2) is 24.9 Å². The lowest BCUT2D eigenvalue weighted by Gasteiger charge is -2.30. The number of hydrogen-bond acceptors (Lipinski definition) is 3. The predicted octanol–water partition coefficient (Wildman–Crippen LogP) is 2.13. The monoisotopic (exact) mass is 325 g/mol. The molecule has 0 spiro atoms. The Bertz CT molecular complexity index is 567. The Morgan fingerprint density at radius 3 is 2.64 bits per heavy atom. The van der Waals surface area contributed by atoms with E-state index in [2.05, 4.69) is 5.32 Å². The van der Waals surface area contributed by atoms with Crippen molar-refractivity contribution in [3.63, 3.8) is 0 Å². The molecule has 5 nitrogen and oxygen atoms in total. The molecule has 0 aromatic heterocycles. The van der Waals surface area contributed by atoms with Gasteiger partial charge < -0.3 is 16.0 Å². The molecule has 1 aliphatic rings. The van der Waals surface area contributed by atoms with Gasteiger partial charge in [-0.1, -0.05) is 26.8 Å². The summed E-state index contributed by atoms with van der Waals surface area (Å²) in [7, 11) is 0. The van der Waals surface area contributed by atoms with E-state index >= 15 is 0 Å². The standard InChI is InChI=1S/C16H23N3O2.ClH/c1-16(2,3)15(21)18-10-14(20)19-9-5-6-11-12(17)7-4-8-13(11)19;/h4,7-8H,5-6,9-10,17H2,1-3H3,(H,18,21);1H. The number of carbonyl (C=O) groups excluding carboxylic acids is 2. The van der Waals surface area contributed by atoms with Gasteiger partial charge in [-0.15, -0.1) is 12.4 Å². The van der Waals surface area contributed by atoms with Crippen LogP contribution in [0.15, 0.2) is 18.2 Å². The van der Waals surface area contributed by atoms with Gasteiger partial charge in [-0.25, -0.2) is 0 Å². The molecule has 1 aromatic carbocycles. The molecule has 6 heteroatoms. The number of nitrogens with two attached hydrogens (primary N) is 1. The lowest BCUT2D eigenvalue weighted by Crippen LogP contribution is -2.45. The molecule has 2 amide bonds. The number of anilines is 2. The van der Waals surface area contributed by atoms with Crippen LogP contribution in [0.5, 0.6) is 0 Å². The summed E-state index contributed by atoms with van der Waals surface area (Å²) < 4.78 is 0. The zero-order valence-electron chi connectivity index (χ0n) is 13.3. The van der Waals surface area contributed by atoms with Gasteiger partial charge in [0.2, 0.25) is 11.8 Å². The topological polar surface area (TPSA) is 75.4 Å². The van der Waals surface area contributed by atoms with Gasteiger partial charge in [-0.05, 0) is 30.5 Å². The molecule has 1 aliphatic heterocycles. The summed E-state index contributed by atoms with van der Waals surface area (Å²) in [5, 5.41) is 2.70. The molecule has 2 rings (SSSR count). The van der Waals surface area contributed by atoms with Crippen LogP contribution in [-0.2, 0) is 16.0 Å². The molecule has 0 unspecified atom stereocenters. The highest BCUT2D eigenvalue weighted by atomic mass is 35.5. The summed E-state index contributed by atoms with van der Waals surface area (Å²) in [5.41, 5.74) is 8.10. The molecule has 0 fully saturated rings. The Morgan fingerprint density at radius 1 is 1.32 bits per heavy atom. The van der Waals surface area contributed by atoms with E-state index in [0.29, 0.717) is 6.54 Å². The lowest BCUT2D eigenvalue weighted by molar-refractivity contribution is -0.130. The molecular weight excluding hydrogens is 302 g/mol. The first-order valence-corrected chi connectivity index (χ1v) is 7.27. The highest BCUT2D eigenvalue weighted by molar-refractivity contribution is 5.98. The van der Waals surface area contributed by atoms with Crippen molar-refractivity contribution in [2.45, 2.75) is 33.6 Å². The summed E-state index contributed by atoms with van der Waals surface area (Å²) in [6, 6.07) is 5.62. The minimum Gasteiger partial charge on any atom is -0.398 e. The summed E-state index contributed by atoms with van der Waals surface area (Å²) in [6.45, 7) is 6.15. The maximum atomic E-state index is 12.4. The SMILES string of the molecule is CC(C)(C)C(=O)NCC(=O)N1CCCc2c(N)cccc21.Cl. The third kappa shape index (κ3) is 3.91. The molecule has 0 saturated carbocycles. The number of rotatable bonds is 2. The fourth-order valence-electron chi connectivity index (χ4n) is 2.43. The molecule has 0 aliphatic carbocycles. The number of amides is 2. The number of benzene rings is 1. The molecule has 0 saturated heterocycles. The Morgan fingerprint density at radius 2 is 2.00 bits per heavy atom. The summed E-state index contributed by atoms with van der Waals surface area (Å²) >= 11 is 0. The van der Waals surface area contributed by atoms with Crippen LogP contribution in [0.3, 0.4) is 0 Å². The second-order valence-corrected chi connectivity index (χ2v) is 6.43. The van der Waals surface area contributed by atoms with Crippen molar-refractivity contribution in [1.82, 2.24) is 5.32 Å². The number of carbonyl (C=O) groups is 2. The molecule has 0 atom stereocenters. The van der Waals surface area contributed by atoms with E-state index in [1.54, 1.807) is 4.90 Å². The van der Waals surface area contributed by atoms with Crippen LogP contribution in [0.25, 0.3) is 0 Å². The van der Waals surface area contributed by atoms with E-state index in [0.717, 1.165) is 29.8 Å². The Balaban J connectivity index is 0.00000242. The Hall–Kier alpha value is -1.75. The lowest BCUT2D eigenvalue weighted by atomic mass is 9.96. The highest BCUT2D eigenvalue weighted by Crippen LogP contribution is 2.31. The molecule has 3 N–H and O–H groups in total. The maximum Gasteiger partial charge on any atom is 0.246 e. The van der Waals surface area contributed by atoms with Crippen molar-refractivity contribution in [3.8, 4) is 0 Å². The van der Waals surface area contributed by atoms with Gasteiger partial charge in [0.1, 0.15) is 0 Å². The molecule has 0 radical (unpaired) electrons. The van der Waals surface area contributed by atoms with Gasteiger partial charge in [0.25, 0.3) is 0 Å². The van der Waals surface area contributed by atoms with Crippen LogP contribution < -0.4 is 16.0 Å². The quantitative estimate of drug-likeness (QED) is 0.818. The molecule has 122 valence electrons. The number of nitrogens with zero attached hydrogens (tertiary/aromatic N) is 1. The molecular formula is C16H24ClN3O2. The Labute approximate surface area is 137 Å². The number of nitrogens with one attached hydrogen (secondary N) is 1. The Kier molecular flexibility index (Phi) is 5.83. The number of nitrogen functional groups attached to an aromatic ring is 1. The first kappa shape index (κ1) is 18.3. The number of halogens is 1. The average Bonchev–Trinajstić information content (AvgIpc) is 2.43. The van der Waals surface area contributed by atoms with Crippen LogP contribution in [0.1, 0.15) is 32.8 Å². The molecule has 22 heavy (non-hydrogen) atoms. The second-order valence-electron chi connectivity index (χ2n) is 6.43. The summed E-state index contributed by atoms with van der Waals surface area (Å²) in [6.07, 6.45) is 1.78. The zero-order chi connectivity index (χ0) is 15.6. The normalized spacial score (nSPS) is 13.9. The maximum absolute atomic E-state index is 12.4. The largest absolute Gasteiger partial charge is 0.398 e. The van der Waals surface area contributed by atoms with E-state index in [4.69, 9.17) is 5.73 Å². The third-order valence-corrected chi connectivity index (χ3v) is 3.67. The highest BCUT2D eigenvalue weighted by Gasteiger charge is 2.26. The third-order valence-electron chi connectivity index (χ3n) is 3.67. The number of fused-ring (bicyclic) bond motifs is 1. The smallest absolute Gasteiger partial charge is 0.246 e. The fraction of sp³-hybridized carbons (Fsp3) is 0.500. The van der Waals surface area contributed by atoms with Crippen molar-refractivity contribution >= 4 is 35.6 Å². The van der Waals surface area contributed by atoms with Gasteiger partial charge >= 0.3 is 0 Å². The van der Waals surface area contributed by atoms with Crippen LogP contribution in [0.2, 0.25) is 0 Å². The minimum absolute atomic E-state index is 0. The van der Waals surface area contributed by atoms with E-state index in [1.165, 1.54) is 0 Å². The van der Waals surface area contributed by atoms with Crippen molar-refractivity contribution in [2.75, 3.05) is 23.7 Å². The summed E-state index contributed by atoms with van der Waals surface area (Å²) in [4.78, 5) is 25.9. The van der Waals surface area contributed by atoms with Crippen molar-refractivity contribution in [2.24, 2.45) is 5.41 Å². The van der Waals surface area contributed by atoms with E-state index in [-0.39, 0.29) is 30.8 Å².